The maximum Gasteiger partial charge on any atom is 0.0303 e. The van der Waals surface area contributed by atoms with Gasteiger partial charge in [-0.05, 0) is 6.08 Å². The van der Waals surface area contributed by atoms with Gasteiger partial charge in [-0.1, -0.05) is 13.2 Å². The standard InChI is InChI=1S/C8H14N2/c1-3-8(2)10-6-4-9-5-7-10/h3,9H,1-2,4-7H2. The van der Waals surface area contributed by atoms with Gasteiger partial charge in [0.05, 0.1) is 0 Å². The molecule has 0 aliphatic carbocycles. The van der Waals surface area contributed by atoms with Crippen LogP contribution in [0.4, 0.5) is 0 Å². The van der Waals surface area contributed by atoms with Crippen LogP contribution in [0.25, 0.3) is 0 Å². The molecule has 0 amide bonds. The Balaban J connectivity index is 2.38. The Morgan fingerprint density at radius 2 is 2.00 bits per heavy atom. The molecule has 0 spiro atoms. The van der Waals surface area contributed by atoms with E-state index in [-0.39, 0.29) is 0 Å². The van der Waals surface area contributed by atoms with E-state index in [4.69, 9.17) is 0 Å². The fraction of sp³-hybridized carbons (Fsp3) is 0.500. The topological polar surface area (TPSA) is 15.3 Å². The molecule has 0 aromatic rings. The summed E-state index contributed by atoms with van der Waals surface area (Å²) in [6.45, 7) is 11.8. The summed E-state index contributed by atoms with van der Waals surface area (Å²) in [7, 11) is 0. The third kappa shape index (κ3) is 1.61. The van der Waals surface area contributed by atoms with E-state index in [0.717, 1.165) is 31.9 Å². The normalized spacial score (nSPS) is 18.6. The predicted octanol–water partition coefficient (Wildman–Crippen LogP) is 0.591. The third-order valence-electron chi connectivity index (χ3n) is 1.76. The lowest BCUT2D eigenvalue weighted by Gasteiger charge is -2.29. The zero-order valence-electron chi connectivity index (χ0n) is 6.27. The summed E-state index contributed by atoms with van der Waals surface area (Å²) < 4.78 is 0. The first-order valence-electron chi connectivity index (χ1n) is 3.61. The number of hydrogen-bond acceptors (Lipinski definition) is 2. The van der Waals surface area contributed by atoms with Gasteiger partial charge >= 0.3 is 0 Å². The molecule has 0 saturated carbocycles. The number of allylic oxidation sites excluding steroid dienone is 1. The van der Waals surface area contributed by atoms with Crippen LogP contribution in [-0.4, -0.2) is 31.1 Å². The molecule has 0 aromatic carbocycles. The Bertz CT molecular complexity index is 134. The van der Waals surface area contributed by atoms with Crippen LogP contribution in [-0.2, 0) is 0 Å². The van der Waals surface area contributed by atoms with Crippen LogP contribution in [0.3, 0.4) is 0 Å². The van der Waals surface area contributed by atoms with Crippen molar-refractivity contribution in [3.63, 3.8) is 0 Å². The van der Waals surface area contributed by atoms with Gasteiger partial charge in [-0.15, -0.1) is 0 Å². The lowest BCUT2D eigenvalue weighted by Crippen LogP contribution is -2.42. The maximum absolute atomic E-state index is 3.88. The summed E-state index contributed by atoms with van der Waals surface area (Å²) in [6.07, 6.45) is 1.81. The van der Waals surface area contributed by atoms with E-state index >= 15 is 0 Å². The van der Waals surface area contributed by atoms with Crippen molar-refractivity contribution in [2.45, 2.75) is 0 Å². The van der Waals surface area contributed by atoms with Crippen molar-refractivity contribution in [1.29, 1.82) is 0 Å². The first-order valence-corrected chi connectivity index (χ1v) is 3.61. The predicted molar refractivity (Wildman–Crippen MR) is 43.8 cm³/mol. The van der Waals surface area contributed by atoms with E-state index < -0.39 is 0 Å². The molecule has 1 heterocycles. The Morgan fingerprint density at radius 1 is 1.40 bits per heavy atom. The van der Waals surface area contributed by atoms with E-state index in [1.54, 1.807) is 0 Å². The fourth-order valence-corrected chi connectivity index (χ4v) is 1.08. The van der Waals surface area contributed by atoms with Gasteiger partial charge in [0.15, 0.2) is 0 Å². The molecule has 1 fully saturated rings. The molecule has 0 atom stereocenters. The number of piperazine rings is 1. The Hall–Kier alpha value is -0.760. The molecule has 0 unspecified atom stereocenters. The average Bonchev–Trinajstić information content (AvgIpc) is 2.05. The number of rotatable bonds is 2. The smallest absolute Gasteiger partial charge is 0.0303 e. The molecule has 10 heavy (non-hydrogen) atoms. The van der Waals surface area contributed by atoms with Crippen LogP contribution in [0.1, 0.15) is 0 Å². The van der Waals surface area contributed by atoms with Crippen molar-refractivity contribution in [2.75, 3.05) is 26.2 Å². The van der Waals surface area contributed by atoms with Crippen LogP contribution in [0, 0.1) is 0 Å². The molecule has 1 N–H and O–H groups in total. The van der Waals surface area contributed by atoms with Gasteiger partial charge in [0.25, 0.3) is 0 Å². The average molecular weight is 138 g/mol. The van der Waals surface area contributed by atoms with E-state index in [2.05, 4.69) is 23.4 Å². The first kappa shape index (κ1) is 7.35. The second-order valence-electron chi connectivity index (χ2n) is 2.43. The van der Waals surface area contributed by atoms with Gasteiger partial charge in [0.2, 0.25) is 0 Å². The molecule has 1 aliphatic heterocycles. The number of hydrogen-bond donors (Lipinski definition) is 1. The molecule has 0 bridgehead atoms. The van der Waals surface area contributed by atoms with Gasteiger partial charge in [0, 0.05) is 31.9 Å². The molecule has 0 aromatic heterocycles. The van der Waals surface area contributed by atoms with Gasteiger partial charge in [-0.3, -0.25) is 0 Å². The Labute approximate surface area is 62.2 Å². The van der Waals surface area contributed by atoms with Gasteiger partial charge < -0.3 is 10.2 Å². The fourth-order valence-electron chi connectivity index (χ4n) is 1.08. The van der Waals surface area contributed by atoms with Crippen molar-refractivity contribution in [3.05, 3.63) is 24.9 Å². The monoisotopic (exact) mass is 138 g/mol. The molecule has 0 radical (unpaired) electrons. The summed E-state index contributed by atoms with van der Waals surface area (Å²) in [6, 6.07) is 0. The highest BCUT2D eigenvalue weighted by molar-refractivity contribution is 5.10. The van der Waals surface area contributed by atoms with Crippen molar-refractivity contribution < 1.29 is 0 Å². The molecule has 2 nitrogen and oxygen atoms in total. The summed E-state index contributed by atoms with van der Waals surface area (Å²) >= 11 is 0. The van der Waals surface area contributed by atoms with Gasteiger partial charge in [-0.25, -0.2) is 0 Å². The summed E-state index contributed by atoms with van der Waals surface area (Å²) in [4.78, 5) is 2.24. The van der Waals surface area contributed by atoms with Crippen LogP contribution in [0.2, 0.25) is 0 Å². The van der Waals surface area contributed by atoms with E-state index in [1.165, 1.54) is 0 Å². The van der Waals surface area contributed by atoms with Crippen LogP contribution in [0.5, 0.6) is 0 Å². The quantitative estimate of drug-likeness (QED) is 0.562. The molecular weight excluding hydrogens is 124 g/mol. The van der Waals surface area contributed by atoms with Crippen molar-refractivity contribution in [3.8, 4) is 0 Å². The number of nitrogens with one attached hydrogen (secondary N) is 1. The highest BCUT2D eigenvalue weighted by Gasteiger charge is 2.07. The minimum absolute atomic E-state index is 1.04. The van der Waals surface area contributed by atoms with E-state index in [1.807, 2.05) is 6.08 Å². The third-order valence-corrected chi connectivity index (χ3v) is 1.76. The molecule has 1 saturated heterocycles. The molecule has 56 valence electrons. The van der Waals surface area contributed by atoms with Crippen LogP contribution in [0.15, 0.2) is 24.9 Å². The largest absolute Gasteiger partial charge is 0.369 e. The second kappa shape index (κ2) is 3.42. The summed E-state index contributed by atoms with van der Waals surface area (Å²) in [5.41, 5.74) is 1.04. The zero-order chi connectivity index (χ0) is 7.40. The maximum atomic E-state index is 3.88. The van der Waals surface area contributed by atoms with Gasteiger partial charge in [0.1, 0.15) is 0 Å². The molecule has 2 heteroatoms. The van der Waals surface area contributed by atoms with E-state index in [9.17, 15) is 0 Å². The Kier molecular flexibility index (Phi) is 2.51. The summed E-state index contributed by atoms with van der Waals surface area (Å²) in [5, 5.41) is 3.28. The van der Waals surface area contributed by atoms with Gasteiger partial charge in [-0.2, -0.15) is 0 Å². The minimum Gasteiger partial charge on any atom is -0.369 e. The Morgan fingerprint density at radius 3 is 2.50 bits per heavy atom. The molecule has 1 rings (SSSR count). The molecular formula is C8H14N2. The summed E-state index contributed by atoms with van der Waals surface area (Å²) in [5.74, 6) is 0. The lowest BCUT2D eigenvalue weighted by molar-refractivity contribution is 0.308. The highest BCUT2D eigenvalue weighted by Crippen LogP contribution is 2.02. The molecule has 1 aliphatic rings. The van der Waals surface area contributed by atoms with Crippen molar-refractivity contribution in [2.24, 2.45) is 0 Å². The van der Waals surface area contributed by atoms with Crippen LogP contribution < -0.4 is 5.32 Å². The zero-order valence-corrected chi connectivity index (χ0v) is 6.27. The van der Waals surface area contributed by atoms with Crippen molar-refractivity contribution in [1.82, 2.24) is 10.2 Å². The highest BCUT2D eigenvalue weighted by atomic mass is 15.2. The second-order valence-corrected chi connectivity index (χ2v) is 2.43. The minimum atomic E-state index is 1.04. The van der Waals surface area contributed by atoms with Crippen LogP contribution >= 0.6 is 0 Å². The first-order chi connectivity index (χ1) is 4.84. The number of nitrogens with zero attached hydrogens (tertiary/aromatic N) is 1. The lowest BCUT2D eigenvalue weighted by atomic mass is 10.3. The SMILES string of the molecule is C=CC(=C)N1CCNCC1. The van der Waals surface area contributed by atoms with E-state index in [0.29, 0.717) is 0 Å². The van der Waals surface area contributed by atoms with Crippen molar-refractivity contribution >= 4 is 0 Å².